The Bertz CT molecular complexity index is 319. The number of hydrogen-bond donors (Lipinski definition) is 0. The molecule has 0 aromatic rings. The molecule has 0 N–H and O–H groups in total. The molecule has 1 spiro atoms. The van der Waals surface area contributed by atoms with Crippen molar-refractivity contribution >= 4 is 0 Å². The molecule has 3 aliphatic rings. The zero-order valence-corrected chi connectivity index (χ0v) is 10.8. The lowest BCUT2D eigenvalue weighted by molar-refractivity contribution is -0.0503. The SMILES string of the molecule is CC1=C[C@@]2(CC1)[C@@H](C)CC[C@@H]1[C@H](C)CO[C@@H]12. The van der Waals surface area contributed by atoms with Crippen LogP contribution in [-0.4, -0.2) is 12.7 Å². The van der Waals surface area contributed by atoms with Crippen LogP contribution in [0.3, 0.4) is 0 Å². The molecular formula is C15H24O. The Hall–Kier alpha value is -0.300. The second kappa shape index (κ2) is 3.60. The molecule has 0 unspecified atom stereocenters. The van der Waals surface area contributed by atoms with Crippen LogP contribution in [0.5, 0.6) is 0 Å². The summed E-state index contributed by atoms with van der Waals surface area (Å²) < 4.78 is 6.18. The monoisotopic (exact) mass is 220 g/mol. The number of allylic oxidation sites excluding steroid dienone is 1. The fourth-order valence-corrected chi connectivity index (χ4v) is 4.41. The fraction of sp³-hybridized carbons (Fsp3) is 0.867. The van der Waals surface area contributed by atoms with Gasteiger partial charge in [0.2, 0.25) is 0 Å². The van der Waals surface area contributed by atoms with Gasteiger partial charge in [0, 0.05) is 12.0 Å². The van der Waals surface area contributed by atoms with E-state index in [-0.39, 0.29) is 0 Å². The van der Waals surface area contributed by atoms with Crippen LogP contribution in [0.25, 0.3) is 0 Å². The van der Waals surface area contributed by atoms with E-state index in [0.29, 0.717) is 11.5 Å². The van der Waals surface area contributed by atoms with Crippen molar-refractivity contribution in [2.45, 2.75) is 52.6 Å². The molecule has 0 aromatic carbocycles. The lowest BCUT2D eigenvalue weighted by atomic mass is 9.60. The van der Waals surface area contributed by atoms with Gasteiger partial charge in [-0.05, 0) is 50.4 Å². The second-order valence-electron chi connectivity index (χ2n) is 6.48. The van der Waals surface area contributed by atoms with E-state index in [2.05, 4.69) is 26.8 Å². The van der Waals surface area contributed by atoms with Gasteiger partial charge in [0.1, 0.15) is 0 Å². The van der Waals surface area contributed by atoms with E-state index in [1.165, 1.54) is 25.7 Å². The van der Waals surface area contributed by atoms with Crippen LogP contribution in [0.1, 0.15) is 46.5 Å². The zero-order valence-electron chi connectivity index (χ0n) is 10.8. The molecule has 90 valence electrons. The van der Waals surface area contributed by atoms with Crippen LogP contribution in [0.2, 0.25) is 0 Å². The van der Waals surface area contributed by atoms with Gasteiger partial charge in [-0.25, -0.2) is 0 Å². The molecule has 5 atom stereocenters. The Morgan fingerprint density at radius 1 is 1.31 bits per heavy atom. The molecule has 1 heteroatoms. The molecular weight excluding hydrogens is 196 g/mol. The van der Waals surface area contributed by atoms with Crippen molar-refractivity contribution in [2.24, 2.45) is 23.2 Å². The van der Waals surface area contributed by atoms with Gasteiger partial charge in [0.15, 0.2) is 0 Å². The van der Waals surface area contributed by atoms with E-state index in [4.69, 9.17) is 4.74 Å². The third-order valence-corrected chi connectivity index (χ3v) is 5.51. The zero-order chi connectivity index (χ0) is 11.3. The highest BCUT2D eigenvalue weighted by molar-refractivity contribution is 5.21. The summed E-state index contributed by atoms with van der Waals surface area (Å²) in [5.74, 6) is 2.43. The molecule has 0 radical (unpaired) electrons. The lowest BCUT2D eigenvalue weighted by Gasteiger charge is -2.46. The standard InChI is InChI=1S/C15H24O/c1-10-6-7-15(8-10)12(3)4-5-13-11(2)9-16-14(13)15/h8,11-14H,4-7,9H2,1-3H3/t11-,12+,13-,14+,15+/m1/s1. The van der Waals surface area contributed by atoms with Crippen molar-refractivity contribution in [1.82, 2.24) is 0 Å². The molecule has 1 aliphatic heterocycles. The fourth-order valence-electron chi connectivity index (χ4n) is 4.41. The molecule has 3 rings (SSSR count). The quantitative estimate of drug-likeness (QED) is 0.564. The van der Waals surface area contributed by atoms with E-state index < -0.39 is 0 Å². The molecule has 1 nitrogen and oxygen atoms in total. The number of hydrogen-bond acceptors (Lipinski definition) is 1. The largest absolute Gasteiger partial charge is 0.377 e. The third kappa shape index (κ3) is 1.33. The van der Waals surface area contributed by atoms with Gasteiger partial charge in [-0.2, -0.15) is 0 Å². The summed E-state index contributed by atoms with van der Waals surface area (Å²) in [5, 5.41) is 0. The summed E-state index contributed by atoms with van der Waals surface area (Å²) in [6.07, 6.45) is 8.54. The van der Waals surface area contributed by atoms with Crippen molar-refractivity contribution in [3.63, 3.8) is 0 Å². The van der Waals surface area contributed by atoms with Crippen LogP contribution < -0.4 is 0 Å². The van der Waals surface area contributed by atoms with Crippen molar-refractivity contribution in [3.05, 3.63) is 11.6 Å². The summed E-state index contributed by atoms with van der Waals surface area (Å²) in [6.45, 7) is 8.11. The van der Waals surface area contributed by atoms with Crippen molar-refractivity contribution in [2.75, 3.05) is 6.61 Å². The molecule has 1 saturated heterocycles. The predicted octanol–water partition coefficient (Wildman–Crippen LogP) is 3.79. The van der Waals surface area contributed by atoms with Crippen molar-refractivity contribution < 1.29 is 4.74 Å². The van der Waals surface area contributed by atoms with Crippen LogP contribution in [-0.2, 0) is 4.74 Å². The van der Waals surface area contributed by atoms with Gasteiger partial charge in [-0.3, -0.25) is 0 Å². The Morgan fingerprint density at radius 3 is 2.81 bits per heavy atom. The van der Waals surface area contributed by atoms with Gasteiger partial charge >= 0.3 is 0 Å². The highest BCUT2D eigenvalue weighted by Crippen LogP contribution is 2.56. The number of rotatable bonds is 0. The van der Waals surface area contributed by atoms with Gasteiger partial charge in [-0.15, -0.1) is 0 Å². The predicted molar refractivity (Wildman–Crippen MR) is 66.2 cm³/mol. The summed E-state index contributed by atoms with van der Waals surface area (Å²) in [6, 6.07) is 0. The summed E-state index contributed by atoms with van der Waals surface area (Å²) >= 11 is 0. The molecule has 16 heavy (non-hydrogen) atoms. The van der Waals surface area contributed by atoms with Gasteiger partial charge in [0.05, 0.1) is 6.10 Å². The highest BCUT2D eigenvalue weighted by Gasteiger charge is 2.54. The van der Waals surface area contributed by atoms with E-state index >= 15 is 0 Å². The van der Waals surface area contributed by atoms with Gasteiger partial charge in [-0.1, -0.05) is 25.5 Å². The summed E-state index contributed by atoms with van der Waals surface area (Å²) in [5.41, 5.74) is 1.99. The molecule has 1 saturated carbocycles. The molecule has 2 fully saturated rings. The average Bonchev–Trinajstić information content (AvgIpc) is 2.80. The minimum Gasteiger partial charge on any atom is -0.377 e. The van der Waals surface area contributed by atoms with E-state index in [1.54, 1.807) is 5.57 Å². The minimum atomic E-state index is 0.401. The van der Waals surface area contributed by atoms with Crippen LogP contribution in [0.4, 0.5) is 0 Å². The van der Waals surface area contributed by atoms with E-state index in [1.807, 2.05) is 0 Å². The van der Waals surface area contributed by atoms with Crippen molar-refractivity contribution in [3.8, 4) is 0 Å². The lowest BCUT2D eigenvalue weighted by Crippen LogP contribution is -2.45. The minimum absolute atomic E-state index is 0.401. The van der Waals surface area contributed by atoms with Crippen LogP contribution in [0, 0.1) is 23.2 Å². The Balaban J connectivity index is 1.96. The van der Waals surface area contributed by atoms with Gasteiger partial charge < -0.3 is 4.74 Å². The molecule has 0 amide bonds. The molecule has 2 aliphatic carbocycles. The van der Waals surface area contributed by atoms with Crippen LogP contribution >= 0.6 is 0 Å². The molecule has 0 bridgehead atoms. The summed E-state index contributed by atoms with van der Waals surface area (Å²) in [7, 11) is 0. The van der Waals surface area contributed by atoms with Crippen LogP contribution in [0.15, 0.2) is 11.6 Å². The number of ether oxygens (including phenoxy) is 1. The summed E-state index contributed by atoms with van der Waals surface area (Å²) in [4.78, 5) is 0. The smallest absolute Gasteiger partial charge is 0.0700 e. The maximum absolute atomic E-state index is 6.18. The second-order valence-corrected chi connectivity index (χ2v) is 6.48. The van der Waals surface area contributed by atoms with E-state index in [9.17, 15) is 0 Å². The first kappa shape index (κ1) is 10.8. The highest BCUT2D eigenvalue weighted by atomic mass is 16.5. The van der Waals surface area contributed by atoms with E-state index in [0.717, 1.165) is 24.4 Å². The van der Waals surface area contributed by atoms with Gasteiger partial charge in [0.25, 0.3) is 0 Å². The Kier molecular flexibility index (Phi) is 2.43. The first-order valence-electron chi connectivity index (χ1n) is 6.93. The maximum atomic E-state index is 6.18. The maximum Gasteiger partial charge on any atom is 0.0700 e. The first-order valence-corrected chi connectivity index (χ1v) is 6.93. The third-order valence-electron chi connectivity index (χ3n) is 5.51. The number of fused-ring (bicyclic) bond motifs is 2. The normalized spacial score (nSPS) is 51.8. The average molecular weight is 220 g/mol. The molecule has 1 heterocycles. The first-order chi connectivity index (χ1) is 7.63. The van der Waals surface area contributed by atoms with Crippen molar-refractivity contribution in [1.29, 1.82) is 0 Å². The topological polar surface area (TPSA) is 9.23 Å². The molecule has 0 aromatic heterocycles. The Labute approximate surface area is 99.3 Å². The Morgan fingerprint density at radius 2 is 2.12 bits per heavy atom.